The molecule has 0 saturated heterocycles. The predicted molar refractivity (Wildman–Crippen MR) is 94.8 cm³/mol. The molecule has 1 fully saturated rings. The van der Waals surface area contributed by atoms with E-state index < -0.39 is 0 Å². The molecule has 1 aliphatic carbocycles. The van der Waals surface area contributed by atoms with Crippen molar-refractivity contribution < 1.29 is 4.74 Å². The van der Waals surface area contributed by atoms with Crippen LogP contribution in [0.5, 0.6) is 5.88 Å². The van der Waals surface area contributed by atoms with Gasteiger partial charge in [0, 0.05) is 32.4 Å². The number of rotatable bonds is 9. The van der Waals surface area contributed by atoms with Crippen LogP contribution in [0.25, 0.3) is 0 Å². The molecule has 1 saturated carbocycles. The van der Waals surface area contributed by atoms with E-state index in [-0.39, 0.29) is 0 Å². The highest BCUT2D eigenvalue weighted by Crippen LogP contribution is 2.29. The number of aromatic nitrogens is 1. The van der Waals surface area contributed by atoms with Gasteiger partial charge in [0.15, 0.2) is 5.96 Å². The molecule has 1 heterocycles. The van der Waals surface area contributed by atoms with Gasteiger partial charge in [-0.2, -0.15) is 0 Å². The zero-order valence-electron chi connectivity index (χ0n) is 14.7. The van der Waals surface area contributed by atoms with Crippen molar-refractivity contribution in [1.29, 1.82) is 0 Å². The lowest BCUT2D eigenvalue weighted by atomic mass is 10.3. The third-order valence-corrected chi connectivity index (χ3v) is 3.92. The first-order valence-electron chi connectivity index (χ1n) is 8.80. The predicted octanol–water partition coefficient (Wildman–Crippen LogP) is 3.07. The maximum absolute atomic E-state index is 5.66. The third kappa shape index (κ3) is 6.47. The fourth-order valence-corrected chi connectivity index (χ4v) is 2.21. The highest BCUT2D eigenvalue weighted by Gasteiger charge is 2.21. The van der Waals surface area contributed by atoms with E-state index >= 15 is 0 Å². The van der Waals surface area contributed by atoms with E-state index in [1.807, 2.05) is 18.3 Å². The summed E-state index contributed by atoms with van der Waals surface area (Å²) in [6.07, 6.45) is 6.82. The number of unbranched alkanes of at least 4 members (excludes halogenated alkanes) is 1. The molecule has 128 valence electrons. The lowest BCUT2D eigenvalue weighted by Gasteiger charge is -2.21. The Morgan fingerprint density at radius 1 is 1.39 bits per heavy atom. The van der Waals surface area contributed by atoms with E-state index in [1.165, 1.54) is 25.7 Å². The van der Waals surface area contributed by atoms with Gasteiger partial charge in [0.25, 0.3) is 0 Å². The van der Waals surface area contributed by atoms with Gasteiger partial charge in [0.2, 0.25) is 5.88 Å². The lowest BCUT2D eigenvalue weighted by Crippen LogP contribution is -2.39. The van der Waals surface area contributed by atoms with E-state index in [9.17, 15) is 0 Å². The number of ether oxygens (including phenoxy) is 1. The van der Waals surface area contributed by atoms with Gasteiger partial charge in [-0.3, -0.25) is 0 Å². The van der Waals surface area contributed by atoms with Gasteiger partial charge in [-0.05, 0) is 37.7 Å². The molecule has 5 heteroatoms. The highest BCUT2D eigenvalue weighted by atomic mass is 16.5. The van der Waals surface area contributed by atoms with E-state index in [4.69, 9.17) is 9.73 Å². The number of hydrogen-bond acceptors (Lipinski definition) is 3. The van der Waals surface area contributed by atoms with Gasteiger partial charge in [-0.25, -0.2) is 9.98 Å². The fourth-order valence-electron chi connectivity index (χ4n) is 2.21. The quantitative estimate of drug-likeness (QED) is 0.561. The van der Waals surface area contributed by atoms with Crippen molar-refractivity contribution in [1.82, 2.24) is 15.2 Å². The molecule has 1 aromatic heterocycles. The number of hydrogen-bond donors (Lipinski definition) is 1. The molecule has 23 heavy (non-hydrogen) atoms. The minimum Gasteiger partial charge on any atom is -0.477 e. The minimum atomic E-state index is 0.634. The number of aliphatic imine (C=N–C) groups is 1. The summed E-state index contributed by atoms with van der Waals surface area (Å²) in [6, 6.07) is 4.00. The Labute approximate surface area is 140 Å². The second-order valence-electron chi connectivity index (χ2n) is 6.20. The molecule has 1 aliphatic rings. The molecular formula is C18H30N4O. The lowest BCUT2D eigenvalue weighted by molar-refractivity contribution is 0.288. The Kier molecular flexibility index (Phi) is 7.17. The summed E-state index contributed by atoms with van der Waals surface area (Å²) >= 11 is 0. The van der Waals surface area contributed by atoms with Crippen LogP contribution in [0.15, 0.2) is 23.3 Å². The van der Waals surface area contributed by atoms with E-state index in [2.05, 4.69) is 36.1 Å². The number of nitrogens with one attached hydrogen (secondary N) is 1. The van der Waals surface area contributed by atoms with Gasteiger partial charge < -0.3 is 15.0 Å². The topological polar surface area (TPSA) is 49.8 Å². The molecule has 1 aromatic rings. The largest absolute Gasteiger partial charge is 0.477 e. The first kappa shape index (κ1) is 17.6. The third-order valence-electron chi connectivity index (χ3n) is 3.92. The fraction of sp³-hybridized carbons (Fsp3) is 0.667. The summed E-state index contributed by atoms with van der Waals surface area (Å²) in [6.45, 7) is 7.63. The molecule has 0 unspecified atom stereocenters. The van der Waals surface area contributed by atoms with Crippen LogP contribution < -0.4 is 10.1 Å². The molecule has 0 amide bonds. The molecule has 0 radical (unpaired) electrons. The molecule has 1 N–H and O–H groups in total. The van der Waals surface area contributed by atoms with Crippen molar-refractivity contribution in [3.8, 4) is 5.88 Å². The van der Waals surface area contributed by atoms with E-state index in [1.54, 1.807) is 0 Å². The molecule has 5 nitrogen and oxygen atoms in total. The number of pyridine rings is 1. The van der Waals surface area contributed by atoms with Crippen LogP contribution >= 0.6 is 0 Å². The van der Waals surface area contributed by atoms with Crippen molar-refractivity contribution in [2.75, 3.05) is 26.7 Å². The zero-order chi connectivity index (χ0) is 16.5. The Balaban J connectivity index is 1.86. The normalized spacial score (nSPS) is 14.7. The molecule has 0 bridgehead atoms. The smallest absolute Gasteiger partial charge is 0.213 e. The zero-order valence-corrected chi connectivity index (χ0v) is 14.7. The minimum absolute atomic E-state index is 0.634. The van der Waals surface area contributed by atoms with Gasteiger partial charge in [-0.15, -0.1) is 0 Å². The van der Waals surface area contributed by atoms with Gasteiger partial charge in [0.05, 0.1) is 13.2 Å². The molecule has 0 aliphatic heterocycles. The van der Waals surface area contributed by atoms with Crippen LogP contribution in [0.3, 0.4) is 0 Å². The molecule has 0 aromatic carbocycles. The standard InChI is InChI=1S/C18H30N4O/c1-4-6-11-22(3)18(19-5-2)21-13-16-9-10-17(20-12-16)23-14-15-7-8-15/h9-10,12,15H,4-8,11,13-14H2,1-3H3,(H,19,21). The van der Waals surface area contributed by atoms with Gasteiger partial charge in [-0.1, -0.05) is 19.4 Å². The second kappa shape index (κ2) is 9.38. The van der Waals surface area contributed by atoms with Crippen molar-refractivity contribution in [2.24, 2.45) is 10.9 Å². The van der Waals surface area contributed by atoms with Crippen LogP contribution in [0.2, 0.25) is 0 Å². The van der Waals surface area contributed by atoms with Gasteiger partial charge in [0.1, 0.15) is 0 Å². The molecule has 0 spiro atoms. The van der Waals surface area contributed by atoms with E-state index in [0.717, 1.165) is 43.0 Å². The number of guanidine groups is 1. The summed E-state index contributed by atoms with van der Waals surface area (Å²) < 4.78 is 5.66. The Morgan fingerprint density at radius 2 is 2.22 bits per heavy atom. The monoisotopic (exact) mass is 318 g/mol. The maximum Gasteiger partial charge on any atom is 0.213 e. The van der Waals surface area contributed by atoms with Crippen molar-refractivity contribution in [2.45, 2.75) is 46.1 Å². The highest BCUT2D eigenvalue weighted by molar-refractivity contribution is 5.79. The molecule has 0 atom stereocenters. The molecular weight excluding hydrogens is 288 g/mol. The van der Waals surface area contributed by atoms with E-state index in [0.29, 0.717) is 6.54 Å². The summed E-state index contributed by atoms with van der Waals surface area (Å²) in [5.41, 5.74) is 1.10. The Bertz CT molecular complexity index is 482. The van der Waals surface area contributed by atoms with Gasteiger partial charge >= 0.3 is 0 Å². The Hall–Kier alpha value is -1.78. The second-order valence-corrected chi connectivity index (χ2v) is 6.20. The van der Waals surface area contributed by atoms with Crippen LogP contribution in [-0.4, -0.2) is 42.6 Å². The first-order chi connectivity index (χ1) is 11.2. The van der Waals surface area contributed by atoms with Crippen molar-refractivity contribution in [3.05, 3.63) is 23.9 Å². The molecule has 2 rings (SSSR count). The summed E-state index contributed by atoms with van der Waals surface area (Å²) in [5, 5.41) is 3.34. The Morgan fingerprint density at radius 3 is 2.83 bits per heavy atom. The van der Waals surface area contributed by atoms with Crippen LogP contribution in [0.1, 0.15) is 45.1 Å². The average Bonchev–Trinajstić information content (AvgIpc) is 3.40. The first-order valence-corrected chi connectivity index (χ1v) is 8.80. The SMILES string of the molecule is CCCCN(C)C(=NCc1ccc(OCC2CC2)nc1)NCC. The van der Waals surface area contributed by atoms with Crippen molar-refractivity contribution >= 4 is 5.96 Å². The van der Waals surface area contributed by atoms with Crippen LogP contribution in [-0.2, 0) is 6.54 Å². The summed E-state index contributed by atoms with van der Waals surface area (Å²) in [4.78, 5) is 11.3. The maximum atomic E-state index is 5.66. The van der Waals surface area contributed by atoms with Crippen molar-refractivity contribution in [3.63, 3.8) is 0 Å². The number of nitrogens with zero attached hydrogens (tertiary/aromatic N) is 3. The van der Waals surface area contributed by atoms with Crippen LogP contribution in [0.4, 0.5) is 0 Å². The summed E-state index contributed by atoms with van der Waals surface area (Å²) in [7, 11) is 2.09. The van der Waals surface area contributed by atoms with Crippen LogP contribution in [0, 0.1) is 5.92 Å². The summed E-state index contributed by atoms with van der Waals surface area (Å²) in [5.74, 6) is 2.43. The average molecular weight is 318 g/mol.